The summed E-state index contributed by atoms with van der Waals surface area (Å²) in [5, 5.41) is 11.0. The van der Waals surface area contributed by atoms with E-state index >= 15 is 0 Å². The van der Waals surface area contributed by atoms with Crippen LogP contribution in [0.25, 0.3) is 0 Å². The zero-order chi connectivity index (χ0) is 18.1. The van der Waals surface area contributed by atoms with Gasteiger partial charge in [0.25, 0.3) is 0 Å². The summed E-state index contributed by atoms with van der Waals surface area (Å²) >= 11 is 0. The van der Waals surface area contributed by atoms with E-state index in [1.54, 1.807) is 13.8 Å². The number of rotatable bonds is 9. The van der Waals surface area contributed by atoms with E-state index < -0.39 is 41.1 Å². The van der Waals surface area contributed by atoms with Crippen LogP contribution in [0.4, 0.5) is 4.39 Å². The largest absolute Gasteiger partial charge is 0.466 e. The molecule has 7 nitrogen and oxygen atoms in total. The molecule has 0 saturated carbocycles. The SMILES string of the molecule is CCOC(=O)CC(C(=O)OCC)[C@H](C[N+](=O)[O-])c1ccc(F)cc1. The van der Waals surface area contributed by atoms with Gasteiger partial charge in [0.2, 0.25) is 6.54 Å². The molecule has 0 aromatic heterocycles. The highest BCUT2D eigenvalue weighted by Crippen LogP contribution is 2.29. The van der Waals surface area contributed by atoms with E-state index in [1.807, 2.05) is 0 Å². The maximum atomic E-state index is 13.1. The number of carbonyl (C=O) groups is 2. The average molecular weight is 341 g/mol. The van der Waals surface area contributed by atoms with Gasteiger partial charge >= 0.3 is 11.9 Å². The fourth-order valence-electron chi connectivity index (χ4n) is 2.37. The first-order chi connectivity index (χ1) is 11.4. The lowest BCUT2D eigenvalue weighted by Crippen LogP contribution is -2.31. The van der Waals surface area contributed by atoms with E-state index in [4.69, 9.17) is 9.47 Å². The highest BCUT2D eigenvalue weighted by molar-refractivity contribution is 5.81. The van der Waals surface area contributed by atoms with Crippen LogP contribution in [0.3, 0.4) is 0 Å². The second kappa shape index (κ2) is 9.59. The van der Waals surface area contributed by atoms with Crippen molar-refractivity contribution in [2.45, 2.75) is 26.2 Å². The summed E-state index contributed by atoms with van der Waals surface area (Å²) in [7, 11) is 0. The zero-order valence-corrected chi connectivity index (χ0v) is 13.6. The number of carbonyl (C=O) groups excluding carboxylic acids is 2. The summed E-state index contributed by atoms with van der Waals surface area (Å²) in [6.07, 6.45) is -0.345. The van der Waals surface area contributed by atoms with Gasteiger partial charge in [0, 0.05) is 4.92 Å². The molecule has 0 fully saturated rings. The molecule has 1 aromatic carbocycles. The quantitative estimate of drug-likeness (QED) is 0.388. The van der Waals surface area contributed by atoms with E-state index in [0.29, 0.717) is 5.56 Å². The average Bonchev–Trinajstić information content (AvgIpc) is 2.52. The van der Waals surface area contributed by atoms with E-state index in [2.05, 4.69) is 0 Å². The normalized spacial score (nSPS) is 13.0. The molecule has 1 unspecified atom stereocenters. The highest BCUT2D eigenvalue weighted by Gasteiger charge is 2.36. The van der Waals surface area contributed by atoms with Crippen LogP contribution in [0.5, 0.6) is 0 Å². The van der Waals surface area contributed by atoms with E-state index in [-0.39, 0.29) is 19.6 Å². The number of esters is 2. The molecule has 0 aliphatic heterocycles. The number of nitrogens with zero attached hydrogens (tertiary/aromatic N) is 1. The van der Waals surface area contributed by atoms with Crippen molar-refractivity contribution in [3.05, 3.63) is 45.8 Å². The third-order valence-corrected chi connectivity index (χ3v) is 3.41. The Morgan fingerprint density at radius 3 is 2.25 bits per heavy atom. The number of hydrogen-bond acceptors (Lipinski definition) is 6. The van der Waals surface area contributed by atoms with Crippen molar-refractivity contribution in [2.24, 2.45) is 5.92 Å². The summed E-state index contributed by atoms with van der Waals surface area (Å²) in [5.41, 5.74) is 0.385. The van der Waals surface area contributed by atoms with Crippen molar-refractivity contribution in [3.8, 4) is 0 Å². The number of halogens is 1. The van der Waals surface area contributed by atoms with Gasteiger partial charge in [0.1, 0.15) is 5.82 Å². The molecule has 0 saturated heterocycles. The monoisotopic (exact) mass is 341 g/mol. The molecule has 24 heavy (non-hydrogen) atoms. The first-order valence-electron chi connectivity index (χ1n) is 7.58. The second-order valence-electron chi connectivity index (χ2n) is 5.04. The van der Waals surface area contributed by atoms with Crippen LogP contribution in [0, 0.1) is 21.8 Å². The van der Waals surface area contributed by atoms with Crippen LogP contribution in [0.1, 0.15) is 31.7 Å². The first kappa shape index (κ1) is 19.5. The van der Waals surface area contributed by atoms with Crippen LogP contribution in [0.2, 0.25) is 0 Å². The Labute approximate surface area is 138 Å². The maximum Gasteiger partial charge on any atom is 0.310 e. The Morgan fingerprint density at radius 2 is 1.75 bits per heavy atom. The van der Waals surface area contributed by atoms with Crippen molar-refractivity contribution in [3.63, 3.8) is 0 Å². The molecule has 132 valence electrons. The molecule has 8 heteroatoms. The lowest BCUT2D eigenvalue weighted by Gasteiger charge is -2.22. The Morgan fingerprint density at radius 1 is 1.17 bits per heavy atom. The van der Waals surface area contributed by atoms with Gasteiger partial charge in [-0.3, -0.25) is 19.7 Å². The minimum absolute atomic E-state index is 0.0762. The summed E-state index contributed by atoms with van der Waals surface area (Å²) in [4.78, 5) is 34.4. The predicted molar refractivity (Wildman–Crippen MR) is 82.4 cm³/mol. The molecule has 0 amide bonds. The van der Waals surface area contributed by atoms with Gasteiger partial charge in [0.15, 0.2) is 0 Å². The van der Waals surface area contributed by atoms with Crippen molar-refractivity contribution < 1.29 is 28.4 Å². The Hall–Kier alpha value is -2.51. The molecule has 0 aliphatic carbocycles. The minimum atomic E-state index is -1.08. The Balaban J connectivity index is 3.16. The third kappa shape index (κ3) is 5.94. The summed E-state index contributed by atoms with van der Waals surface area (Å²) < 4.78 is 22.9. The maximum absolute atomic E-state index is 13.1. The van der Waals surface area contributed by atoms with Crippen LogP contribution >= 0.6 is 0 Å². The number of nitro groups is 1. The van der Waals surface area contributed by atoms with Crippen molar-refractivity contribution >= 4 is 11.9 Å². The molecule has 1 rings (SSSR count). The summed E-state index contributed by atoms with van der Waals surface area (Å²) in [5.74, 6) is -3.88. The number of hydrogen-bond donors (Lipinski definition) is 0. The second-order valence-corrected chi connectivity index (χ2v) is 5.04. The molecule has 2 atom stereocenters. The first-order valence-corrected chi connectivity index (χ1v) is 7.58. The van der Waals surface area contributed by atoms with Crippen LogP contribution in [-0.4, -0.2) is 36.6 Å². The standard InChI is InChI=1S/C16H20FNO6/c1-3-23-15(19)9-13(16(20)24-4-2)14(10-18(21)22)11-5-7-12(17)8-6-11/h5-8,13-14H,3-4,9-10H2,1-2H3/t13?,14-/m1/s1. The Bertz CT molecular complexity index is 574. The van der Waals surface area contributed by atoms with Crippen molar-refractivity contribution in [1.82, 2.24) is 0 Å². The van der Waals surface area contributed by atoms with E-state index in [9.17, 15) is 24.1 Å². The number of benzene rings is 1. The van der Waals surface area contributed by atoms with Gasteiger partial charge in [-0.05, 0) is 31.5 Å². The predicted octanol–water partition coefficient (Wildman–Crippen LogP) is 2.32. The molecule has 0 heterocycles. The molecular weight excluding hydrogens is 321 g/mol. The Kier molecular flexibility index (Phi) is 7.81. The highest BCUT2D eigenvalue weighted by atomic mass is 19.1. The minimum Gasteiger partial charge on any atom is -0.466 e. The lowest BCUT2D eigenvalue weighted by atomic mass is 9.83. The fourth-order valence-corrected chi connectivity index (χ4v) is 2.37. The number of ether oxygens (including phenoxy) is 2. The summed E-state index contributed by atoms with van der Waals surface area (Å²) in [6.45, 7) is 2.83. The van der Waals surface area contributed by atoms with Gasteiger partial charge < -0.3 is 9.47 Å². The van der Waals surface area contributed by atoms with Crippen LogP contribution < -0.4 is 0 Å². The summed E-state index contributed by atoms with van der Waals surface area (Å²) in [6, 6.07) is 5.02. The molecule has 0 radical (unpaired) electrons. The molecule has 0 aliphatic rings. The van der Waals surface area contributed by atoms with Gasteiger partial charge in [-0.2, -0.15) is 0 Å². The molecule has 0 N–H and O–H groups in total. The van der Waals surface area contributed by atoms with Crippen LogP contribution in [0.15, 0.2) is 24.3 Å². The van der Waals surface area contributed by atoms with Gasteiger partial charge in [0.05, 0.1) is 31.5 Å². The van der Waals surface area contributed by atoms with Gasteiger partial charge in [-0.25, -0.2) is 4.39 Å². The third-order valence-electron chi connectivity index (χ3n) is 3.41. The van der Waals surface area contributed by atoms with Crippen molar-refractivity contribution in [1.29, 1.82) is 0 Å². The van der Waals surface area contributed by atoms with Crippen LogP contribution in [-0.2, 0) is 19.1 Å². The van der Waals surface area contributed by atoms with Gasteiger partial charge in [-0.1, -0.05) is 12.1 Å². The van der Waals surface area contributed by atoms with E-state index in [1.165, 1.54) is 12.1 Å². The van der Waals surface area contributed by atoms with E-state index in [0.717, 1.165) is 12.1 Å². The lowest BCUT2D eigenvalue weighted by molar-refractivity contribution is -0.484. The smallest absolute Gasteiger partial charge is 0.310 e. The zero-order valence-electron chi connectivity index (χ0n) is 13.6. The fraction of sp³-hybridized carbons (Fsp3) is 0.500. The molecular formula is C16H20FNO6. The molecule has 1 aromatic rings. The molecule has 0 spiro atoms. The van der Waals surface area contributed by atoms with Gasteiger partial charge in [-0.15, -0.1) is 0 Å². The van der Waals surface area contributed by atoms with Crippen molar-refractivity contribution in [2.75, 3.05) is 19.8 Å². The molecule has 0 bridgehead atoms. The topological polar surface area (TPSA) is 95.7 Å².